The van der Waals surface area contributed by atoms with Crippen molar-refractivity contribution in [3.63, 3.8) is 0 Å². The van der Waals surface area contributed by atoms with Crippen LogP contribution in [0.5, 0.6) is 0 Å². The second-order valence-corrected chi connectivity index (χ2v) is 8.72. The first-order valence-electron chi connectivity index (χ1n) is 11.1. The van der Waals surface area contributed by atoms with E-state index in [-0.39, 0.29) is 18.8 Å². The molecule has 8 nitrogen and oxygen atoms in total. The highest BCUT2D eigenvalue weighted by Gasteiger charge is 2.51. The molecule has 178 valence electrons. The van der Waals surface area contributed by atoms with Crippen LogP contribution in [0, 0.1) is 0 Å². The number of hydrogen-bond acceptors (Lipinski definition) is 7. The number of carboxylic acid groups (broad SMARTS) is 1. The molecule has 2 rings (SSSR count). The van der Waals surface area contributed by atoms with E-state index in [0.29, 0.717) is 51.4 Å². The van der Waals surface area contributed by atoms with Crippen LogP contribution in [-0.4, -0.2) is 74.8 Å². The molecular weight excluding hydrogens is 415 g/mol. The van der Waals surface area contributed by atoms with Crippen molar-refractivity contribution in [1.29, 1.82) is 0 Å². The molecular formula is C23H35BO8. The zero-order valence-corrected chi connectivity index (χ0v) is 19.6. The molecule has 9 heteroatoms. The Kier molecular flexibility index (Phi) is 10.3. The van der Waals surface area contributed by atoms with E-state index in [2.05, 4.69) is 0 Å². The molecule has 1 aromatic rings. The van der Waals surface area contributed by atoms with Crippen LogP contribution in [0.2, 0.25) is 0 Å². The number of carbonyl (C=O) groups is 2. The van der Waals surface area contributed by atoms with E-state index >= 15 is 0 Å². The van der Waals surface area contributed by atoms with Crippen molar-refractivity contribution in [1.82, 2.24) is 0 Å². The predicted molar refractivity (Wildman–Crippen MR) is 120 cm³/mol. The molecule has 0 aliphatic carbocycles. The van der Waals surface area contributed by atoms with Gasteiger partial charge in [0.05, 0.1) is 50.7 Å². The highest BCUT2D eigenvalue weighted by Crippen LogP contribution is 2.36. The van der Waals surface area contributed by atoms with Crippen molar-refractivity contribution in [2.24, 2.45) is 0 Å². The SMILES string of the molecule is CC1(C)OB(c2ccc(C(=O)CCCOCCOCCOCCC(=O)O)cc2)OC1(C)C. The minimum absolute atomic E-state index is 0.00792. The fourth-order valence-corrected chi connectivity index (χ4v) is 2.99. The van der Waals surface area contributed by atoms with E-state index in [9.17, 15) is 9.59 Å². The first-order valence-corrected chi connectivity index (χ1v) is 11.1. The fourth-order valence-electron chi connectivity index (χ4n) is 2.99. The van der Waals surface area contributed by atoms with Crippen molar-refractivity contribution in [3.8, 4) is 0 Å². The van der Waals surface area contributed by atoms with Crippen LogP contribution >= 0.6 is 0 Å². The Hall–Kier alpha value is -1.78. The van der Waals surface area contributed by atoms with Gasteiger partial charge in [0, 0.05) is 18.6 Å². The van der Waals surface area contributed by atoms with E-state index in [4.69, 9.17) is 28.6 Å². The number of ether oxygens (including phenoxy) is 3. The van der Waals surface area contributed by atoms with Crippen molar-refractivity contribution in [2.75, 3.05) is 39.6 Å². The molecule has 0 radical (unpaired) electrons. The Morgan fingerprint density at radius 3 is 1.84 bits per heavy atom. The van der Waals surface area contributed by atoms with Crippen LogP contribution in [-0.2, 0) is 28.3 Å². The van der Waals surface area contributed by atoms with E-state index < -0.39 is 24.3 Å². The van der Waals surface area contributed by atoms with Crippen LogP contribution in [0.3, 0.4) is 0 Å². The second kappa shape index (κ2) is 12.5. The quantitative estimate of drug-likeness (QED) is 0.247. The zero-order chi connectivity index (χ0) is 23.6. The van der Waals surface area contributed by atoms with E-state index in [1.54, 1.807) is 0 Å². The topological polar surface area (TPSA) is 101 Å². The Morgan fingerprint density at radius 2 is 1.31 bits per heavy atom. The maximum atomic E-state index is 12.4. The van der Waals surface area contributed by atoms with Gasteiger partial charge in [0.25, 0.3) is 0 Å². The third kappa shape index (κ3) is 8.29. The molecule has 1 aromatic carbocycles. The van der Waals surface area contributed by atoms with Gasteiger partial charge in [0.2, 0.25) is 0 Å². The van der Waals surface area contributed by atoms with E-state index in [1.165, 1.54) is 0 Å². The second-order valence-electron chi connectivity index (χ2n) is 8.72. The van der Waals surface area contributed by atoms with Gasteiger partial charge >= 0.3 is 13.1 Å². The van der Waals surface area contributed by atoms with Gasteiger partial charge in [-0.2, -0.15) is 0 Å². The molecule has 1 saturated heterocycles. The first kappa shape index (κ1) is 26.5. The average molecular weight is 450 g/mol. The van der Waals surface area contributed by atoms with Gasteiger partial charge in [-0.3, -0.25) is 9.59 Å². The maximum absolute atomic E-state index is 12.4. The van der Waals surface area contributed by atoms with Gasteiger partial charge in [0.15, 0.2) is 5.78 Å². The summed E-state index contributed by atoms with van der Waals surface area (Å²) in [6, 6.07) is 7.40. The number of carboxylic acids is 1. The predicted octanol–water partition coefficient (Wildman–Crippen LogP) is 2.47. The lowest BCUT2D eigenvalue weighted by atomic mass is 9.78. The Labute approximate surface area is 190 Å². The number of Topliss-reactive ketones (excluding diaryl/α,β-unsaturated/α-hetero) is 1. The summed E-state index contributed by atoms with van der Waals surface area (Å²) < 4.78 is 28.0. The Morgan fingerprint density at radius 1 is 0.812 bits per heavy atom. The third-order valence-corrected chi connectivity index (χ3v) is 5.65. The number of carbonyl (C=O) groups excluding carboxylic acids is 1. The summed E-state index contributed by atoms with van der Waals surface area (Å²) in [6.45, 7) is 10.3. The van der Waals surface area contributed by atoms with Gasteiger partial charge in [-0.15, -0.1) is 0 Å². The van der Waals surface area contributed by atoms with Crippen LogP contribution in [0.4, 0.5) is 0 Å². The molecule has 1 aliphatic rings. The summed E-state index contributed by atoms with van der Waals surface area (Å²) >= 11 is 0. The normalized spacial score (nSPS) is 16.9. The Balaban J connectivity index is 1.56. The summed E-state index contributed by atoms with van der Waals surface area (Å²) in [4.78, 5) is 22.7. The molecule has 32 heavy (non-hydrogen) atoms. The van der Waals surface area contributed by atoms with Crippen LogP contribution in [0.15, 0.2) is 24.3 Å². The molecule has 1 fully saturated rings. The molecule has 0 spiro atoms. The lowest BCUT2D eigenvalue weighted by Gasteiger charge is -2.32. The Bertz CT molecular complexity index is 716. The molecule has 0 bridgehead atoms. The summed E-state index contributed by atoms with van der Waals surface area (Å²) in [5.41, 5.74) is 0.771. The van der Waals surface area contributed by atoms with Gasteiger partial charge in [-0.05, 0) is 39.6 Å². The summed E-state index contributed by atoms with van der Waals surface area (Å²) in [5.74, 6) is -0.805. The largest absolute Gasteiger partial charge is 0.494 e. The molecule has 1 heterocycles. The number of ketones is 1. The molecule has 1 N–H and O–H groups in total. The van der Waals surface area contributed by atoms with Crippen molar-refractivity contribution < 1.29 is 38.2 Å². The monoisotopic (exact) mass is 450 g/mol. The molecule has 1 aliphatic heterocycles. The van der Waals surface area contributed by atoms with Crippen LogP contribution in [0.1, 0.15) is 57.3 Å². The van der Waals surface area contributed by atoms with Crippen molar-refractivity contribution >= 4 is 24.3 Å². The summed E-state index contributed by atoms with van der Waals surface area (Å²) in [5, 5.41) is 8.48. The minimum Gasteiger partial charge on any atom is -0.481 e. The first-order chi connectivity index (χ1) is 15.1. The van der Waals surface area contributed by atoms with Gasteiger partial charge < -0.3 is 28.6 Å². The highest BCUT2D eigenvalue weighted by atomic mass is 16.7. The lowest BCUT2D eigenvalue weighted by Crippen LogP contribution is -2.41. The maximum Gasteiger partial charge on any atom is 0.494 e. The van der Waals surface area contributed by atoms with Crippen molar-refractivity contribution in [2.45, 2.75) is 58.2 Å². The third-order valence-electron chi connectivity index (χ3n) is 5.65. The molecule has 0 aromatic heterocycles. The smallest absolute Gasteiger partial charge is 0.481 e. The highest BCUT2D eigenvalue weighted by molar-refractivity contribution is 6.62. The number of aliphatic carboxylic acids is 1. The van der Waals surface area contributed by atoms with E-state index in [1.807, 2.05) is 52.0 Å². The fraction of sp³-hybridized carbons (Fsp3) is 0.652. The zero-order valence-electron chi connectivity index (χ0n) is 19.6. The van der Waals surface area contributed by atoms with Gasteiger partial charge in [0.1, 0.15) is 0 Å². The van der Waals surface area contributed by atoms with Crippen molar-refractivity contribution in [3.05, 3.63) is 29.8 Å². The van der Waals surface area contributed by atoms with Gasteiger partial charge in [-0.1, -0.05) is 24.3 Å². The standard InChI is InChI=1S/C23H35BO8/c1-22(2)23(3,4)32-24(31-22)19-9-7-18(8-10-19)20(25)6-5-12-28-14-16-30-17-15-29-13-11-21(26)27/h7-10H,5-6,11-17H2,1-4H3,(H,26,27). The molecule has 0 atom stereocenters. The summed E-state index contributed by atoms with van der Waals surface area (Å²) in [6.07, 6.45) is 1.04. The van der Waals surface area contributed by atoms with Crippen LogP contribution in [0.25, 0.3) is 0 Å². The number of hydrogen-bond donors (Lipinski definition) is 1. The molecule has 0 unspecified atom stereocenters. The number of rotatable bonds is 15. The average Bonchev–Trinajstić information content (AvgIpc) is 2.95. The number of benzene rings is 1. The lowest BCUT2D eigenvalue weighted by molar-refractivity contribution is -0.138. The van der Waals surface area contributed by atoms with Crippen LogP contribution < -0.4 is 5.46 Å². The molecule has 0 saturated carbocycles. The van der Waals surface area contributed by atoms with Gasteiger partial charge in [-0.25, -0.2) is 0 Å². The van der Waals surface area contributed by atoms with E-state index in [0.717, 1.165) is 5.46 Å². The molecule has 0 amide bonds. The minimum atomic E-state index is -0.878. The summed E-state index contributed by atoms with van der Waals surface area (Å²) in [7, 11) is -0.434.